The van der Waals surface area contributed by atoms with Gasteiger partial charge >= 0.3 is 0 Å². The van der Waals surface area contributed by atoms with E-state index in [0.29, 0.717) is 6.42 Å². The molecule has 2 aromatic rings. The third-order valence-corrected chi connectivity index (χ3v) is 4.22. The number of amides is 1. The van der Waals surface area contributed by atoms with Crippen LogP contribution in [0.4, 0.5) is 11.4 Å². The number of anilines is 2. The van der Waals surface area contributed by atoms with Gasteiger partial charge in [-0.3, -0.25) is 4.79 Å². The van der Waals surface area contributed by atoms with Crippen LogP contribution in [0.1, 0.15) is 18.9 Å². The quantitative estimate of drug-likeness (QED) is 0.847. The maximum absolute atomic E-state index is 11.9. The molecule has 0 spiro atoms. The second kappa shape index (κ2) is 5.05. The lowest BCUT2D eigenvalue weighted by Crippen LogP contribution is -2.19. The first-order valence-corrected chi connectivity index (χ1v) is 7.66. The van der Waals surface area contributed by atoms with Crippen molar-refractivity contribution < 1.29 is 9.53 Å². The molecular formula is C18H18N2O2. The van der Waals surface area contributed by atoms with E-state index in [2.05, 4.69) is 28.8 Å². The fourth-order valence-electron chi connectivity index (χ4n) is 3.18. The van der Waals surface area contributed by atoms with E-state index in [1.165, 1.54) is 5.56 Å². The largest absolute Gasteiger partial charge is 0.493 e. The maximum Gasteiger partial charge on any atom is 0.226 e. The van der Waals surface area contributed by atoms with E-state index in [1.807, 2.05) is 25.1 Å². The highest BCUT2D eigenvalue weighted by Gasteiger charge is 2.21. The molecule has 2 aromatic carbocycles. The average molecular weight is 294 g/mol. The summed E-state index contributed by atoms with van der Waals surface area (Å²) in [6, 6.07) is 12.4. The van der Waals surface area contributed by atoms with Crippen LogP contribution in [-0.4, -0.2) is 18.6 Å². The molecule has 4 heteroatoms. The molecule has 0 saturated carbocycles. The summed E-state index contributed by atoms with van der Waals surface area (Å²) in [6.07, 6.45) is 1.44. The first kappa shape index (κ1) is 13.2. The summed E-state index contributed by atoms with van der Waals surface area (Å²) in [6.45, 7) is 2.79. The highest BCUT2D eigenvalue weighted by molar-refractivity contribution is 6.00. The van der Waals surface area contributed by atoms with Crippen LogP contribution in [-0.2, 0) is 11.2 Å². The number of carbonyl (C=O) groups is 1. The fraction of sp³-hybridized carbons (Fsp3) is 0.278. The lowest BCUT2D eigenvalue weighted by molar-refractivity contribution is -0.116. The molecule has 2 aliphatic rings. The van der Waals surface area contributed by atoms with Gasteiger partial charge in [-0.2, -0.15) is 0 Å². The lowest BCUT2D eigenvalue weighted by Gasteiger charge is -2.17. The van der Waals surface area contributed by atoms with Crippen LogP contribution in [0.2, 0.25) is 0 Å². The number of hydrogen-bond donors (Lipinski definition) is 2. The Bertz CT molecular complexity index is 755. The second-order valence-corrected chi connectivity index (χ2v) is 5.95. The van der Waals surface area contributed by atoms with Crippen LogP contribution >= 0.6 is 0 Å². The summed E-state index contributed by atoms with van der Waals surface area (Å²) < 4.78 is 5.58. The van der Waals surface area contributed by atoms with Gasteiger partial charge in [0.1, 0.15) is 5.75 Å². The number of rotatable bonds is 1. The van der Waals surface area contributed by atoms with E-state index in [0.717, 1.165) is 41.3 Å². The Morgan fingerprint density at radius 2 is 2.14 bits per heavy atom. The molecule has 4 rings (SSSR count). The number of carbonyl (C=O) groups excluding carboxylic acids is 1. The van der Waals surface area contributed by atoms with E-state index in [-0.39, 0.29) is 11.9 Å². The van der Waals surface area contributed by atoms with Crippen LogP contribution in [0.25, 0.3) is 11.1 Å². The molecule has 2 heterocycles. The molecule has 0 radical (unpaired) electrons. The van der Waals surface area contributed by atoms with E-state index in [4.69, 9.17) is 4.74 Å². The normalized spacial score (nSPS) is 19.3. The minimum atomic E-state index is 0.0539. The van der Waals surface area contributed by atoms with Crippen molar-refractivity contribution in [2.45, 2.75) is 25.8 Å². The molecule has 2 aliphatic heterocycles. The Morgan fingerprint density at radius 1 is 1.23 bits per heavy atom. The Kier molecular flexibility index (Phi) is 3.03. The summed E-state index contributed by atoms with van der Waals surface area (Å²) in [7, 11) is 0. The molecule has 0 unspecified atom stereocenters. The van der Waals surface area contributed by atoms with Crippen LogP contribution in [0.3, 0.4) is 0 Å². The molecule has 4 nitrogen and oxygen atoms in total. The van der Waals surface area contributed by atoms with Gasteiger partial charge in [-0.05, 0) is 36.2 Å². The van der Waals surface area contributed by atoms with Crippen molar-refractivity contribution in [3.63, 3.8) is 0 Å². The van der Waals surface area contributed by atoms with Crippen LogP contribution in [0, 0.1) is 0 Å². The minimum absolute atomic E-state index is 0.0539. The molecule has 0 bridgehead atoms. The molecule has 0 aliphatic carbocycles. The predicted molar refractivity (Wildman–Crippen MR) is 87.4 cm³/mol. The standard InChI is InChI=1S/C18H18N2O2/c1-11-9-17(21)20-15-4-2-3-14(18(15)19-11)12-5-6-16-13(10-12)7-8-22-16/h2-6,10-11,19H,7-9H2,1H3,(H,20,21)/t11-/m1/s1. The highest BCUT2D eigenvalue weighted by atomic mass is 16.5. The summed E-state index contributed by atoms with van der Waals surface area (Å²) in [5, 5.41) is 6.46. The van der Waals surface area contributed by atoms with Gasteiger partial charge in [-0.15, -0.1) is 0 Å². The molecule has 0 fully saturated rings. The van der Waals surface area contributed by atoms with Crippen molar-refractivity contribution in [2.75, 3.05) is 17.2 Å². The van der Waals surface area contributed by atoms with Crippen LogP contribution in [0.5, 0.6) is 5.75 Å². The number of hydrogen-bond acceptors (Lipinski definition) is 3. The summed E-state index contributed by atoms with van der Waals surface area (Å²) in [5.41, 5.74) is 5.36. The molecule has 22 heavy (non-hydrogen) atoms. The van der Waals surface area contributed by atoms with Crippen molar-refractivity contribution in [2.24, 2.45) is 0 Å². The number of benzene rings is 2. The van der Waals surface area contributed by atoms with Gasteiger partial charge in [0.05, 0.1) is 18.0 Å². The van der Waals surface area contributed by atoms with E-state index >= 15 is 0 Å². The topological polar surface area (TPSA) is 50.4 Å². The average Bonchev–Trinajstić information content (AvgIpc) is 2.90. The van der Waals surface area contributed by atoms with Crippen molar-refractivity contribution in [3.8, 4) is 16.9 Å². The molecular weight excluding hydrogens is 276 g/mol. The zero-order valence-corrected chi connectivity index (χ0v) is 12.5. The zero-order chi connectivity index (χ0) is 15.1. The first-order chi connectivity index (χ1) is 10.7. The molecule has 1 amide bonds. The van der Waals surface area contributed by atoms with Gasteiger partial charge in [0.2, 0.25) is 5.91 Å². The van der Waals surface area contributed by atoms with Gasteiger partial charge in [0, 0.05) is 24.4 Å². The van der Waals surface area contributed by atoms with Crippen LogP contribution < -0.4 is 15.4 Å². The summed E-state index contributed by atoms with van der Waals surface area (Å²) in [4.78, 5) is 11.9. The van der Waals surface area contributed by atoms with Gasteiger partial charge in [0.25, 0.3) is 0 Å². The van der Waals surface area contributed by atoms with Crippen molar-refractivity contribution in [3.05, 3.63) is 42.0 Å². The third-order valence-electron chi connectivity index (χ3n) is 4.22. The SMILES string of the molecule is C[C@@H]1CC(=O)Nc2cccc(-c3ccc4c(c3)CCO4)c2N1. The Morgan fingerprint density at radius 3 is 3.05 bits per heavy atom. The van der Waals surface area contributed by atoms with E-state index < -0.39 is 0 Å². The zero-order valence-electron chi connectivity index (χ0n) is 12.5. The molecule has 0 aromatic heterocycles. The molecule has 112 valence electrons. The summed E-state index contributed by atoms with van der Waals surface area (Å²) in [5.74, 6) is 1.04. The second-order valence-electron chi connectivity index (χ2n) is 5.95. The molecule has 1 atom stereocenters. The molecule has 0 saturated heterocycles. The van der Waals surface area contributed by atoms with Crippen molar-refractivity contribution in [1.29, 1.82) is 0 Å². The van der Waals surface area contributed by atoms with Crippen LogP contribution in [0.15, 0.2) is 36.4 Å². The smallest absolute Gasteiger partial charge is 0.226 e. The third kappa shape index (κ3) is 2.21. The number of fused-ring (bicyclic) bond motifs is 2. The van der Waals surface area contributed by atoms with E-state index in [1.54, 1.807) is 0 Å². The number of para-hydroxylation sites is 1. The fourth-order valence-corrected chi connectivity index (χ4v) is 3.18. The number of ether oxygens (including phenoxy) is 1. The van der Waals surface area contributed by atoms with Gasteiger partial charge in [-0.25, -0.2) is 0 Å². The van der Waals surface area contributed by atoms with Gasteiger partial charge < -0.3 is 15.4 Å². The monoisotopic (exact) mass is 294 g/mol. The maximum atomic E-state index is 11.9. The minimum Gasteiger partial charge on any atom is -0.493 e. The van der Waals surface area contributed by atoms with Crippen molar-refractivity contribution in [1.82, 2.24) is 0 Å². The Balaban J connectivity index is 1.83. The van der Waals surface area contributed by atoms with Crippen molar-refractivity contribution >= 4 is 17.3 Å². The van der Waals surface area contributed by atoms with E-state index in [9.17, 15) is 4.79 Å². The van der Waals surface area contributed by atoms with Gasteiger partial charge in [-0.1, -0.05) is 18.2 Å². The Labute approximate surface area is 129 Å². The molecule has 2 N–H and O–H groups in total. The Hall–Kier alpha value is -2.49. The van der Waals surface area contributed by atoms with Gasteiger partial charge in [0.15, 0.2) is 0 Å². The first-order valence-electron chi connectivity index (χ1n) is 7.66. The predicted octanol–water partition coefficient (Wildman–Crippen LogP) is 3.43. The summed E-state index contributed by atoms with van der Waals surface area (Å²) >= 11 is 0. The lowest BCUT2D eigenvalue weighted by atomic mass is 9.99. The highest BCUT2D eigenvalue weighted by Crippen LogP contribution is 2.38. The number of nitrogens with one attached hydrogen (secondary N) is 2.